The monoisotopic (exact) mass is 289 g/mol. The molecule has 1 N–H and O–H groups in total. The molecule has 1 aliphatic rings. The molecule has 2 atom stereocenters. The quantitative estimate of drug-likeness (QED) is 0.552. The van der Waals surface area contributed by atoms with Crippen molar-refractivity contribution in [3.05, 3.63) is 0 Å². The Bertz CT molecular complexity index is 327. The van der Waals surface area contributed by atoms with Crippen LogP contribution in [0.15, 0.2) is 0 Å². The van der Waals surface area contributed by atoms with Crippen molar-refractivity contribution in [1.82, 2.24) is 5.32 Å². The summed E-state index contributed by atoms with van der Waals surface area (Å²) in [5.74, 6) is 1.96. The lowest BCUT2D eigenvalue weighted by molar-refractivity contribution is 0.292. The lowest BCUT2D eigenvalue weighted by Crippen LogP contribution is -2.29. The van der Waals surface area contributed by atoms with E-state index in [9.17, 15) is 8.42 Å². The average molecular weight is 289 g/mol. The summed E-state index contributed by atoms with van der Waals surface area (Å²) in [5.41, 5.74) is 0. The Morgan fingerprint density at radius 2 is 1.74 bits per heavy atom. The fourth-order valence-corrected chi connectivity index (χ4v) is 4.00. The van der Waals surface area contributed by atoms with Gasteiger partial charge >= 0.3 is 0 Å². The third kappa shape index (κ3) is 6.75. The predicted octanol–water partition coefficient (Wildman–Crippen LogP) is 3.01. The van der Waals surface area contributed by atoms with Crippen molar-refractivity contribution in [2.45, 2.75) is 58.8 Å². The standard InChI is InChI=1S/C15H31NO2S/c1-3-11-16-13-15-9-7-5-6-8-14(15)10-12-19(17,18)4-2/h14-16H,3-13H2,1-2H3. The van der Waals surface area contributed by atoms with Gasteiger partial charge < -0.3 is 5.32 Å². The Morgan fingerprint density at radius 3 is 2.37 bits per heavy atom. The minimum Gasteiger partial charge on any atom is -0.316 e. The van der Waals surface area contributed by atoms with Crippen LogP contribution < -0.4 is 5.32 Å². The number of nitrogens with one attached hydrogen (secondary N) is 1. The Labute approximate surface area is 119 Å². The van der Waals surface area contributed by atoms with Gasteiger partial charge in [0.05, 0.1) is 5.75 Å². The van der Waals surface area contributed by atoms with Gasteiger partial charge in [-0.3, -0.25) is 0 Å². The highest BCUT2D eigenvalue weighted by Crippen LogP contribution is 2.31. The van der Waals surface area contributed by atoms with Gasteiger partial charge in [0.2, 0.25) is 0 Å². The third-order valence-corrected chi connectivity index (χ3v) is 6.13. The van der Waals surface area contributed by atoms with Crippen molar-refractivity contribution >= 4 is 9.84 Å². The van der Waals surface area contributed by atoms with Crippen molar-refractivity contribution in [1.29, 1.82) is 0 Å². The molecule has 1 saturated carbocycles. The van der Waals surface area contributed by atoms with E-state index in [0.717, 1.165) is 19.5 Å². The highest BCUT2D eigenvalue weighted by Gasteiger charge is 2.24. The van der Waals surface area contributed by atoms with Crippen LogP contribution in [0.5, 0.6) is 0 Å². The van der Waals surface area contributed by atoms with E-state index in [1.54, 1.807) is 6.92 Å². The molecule has 3 nitrogen and oxygen atoms in total. The molecule has 0 aliphatic heterocycles. The molecule has 1 rings (SSSR count). The van der Waals surface area contributed by atoms with Crippen LogP contribution in [0.1, 0.15) is 58.8 Å². The first kappa shape index (κ1) is 17.0. The summed E-state index contributed by atoms with van der Waals surface area (Å²) in [6.45, 7) is 6.09. The molecule has 0 aromatic heterocycles. The Balaban J connectivity index is 2.48. The topological polar surface area (TPSA) is 46.2 Å². The first-order valence-electron chi connectivity index (χ1n) is 8.00. The molecule has 114 valence electrons. The van der Waals surface area contributed by atoms with Crippen molar-refractivity contribution in [3.8, 4) is 0 Å². The van der Waals surface area contributed by atoms with Crippen LogP contribution in [0.25, 0.3) is 0 Å². The van der Waals surface area contributed by atoms with Crippen molar-refractivity contribution < 1.29 is 8.42 Å². The summed E-state index contributed by atoms with van der Waals surface area (Å²) in [6.07, 6.45) is 8.44. The van der Waals surface area contributed by atoms with Gasteiger partial charge in [-0.05, 0) is 44.2 Å². The van der Waals surface area contributed by atoms with E-state index in [-0.39, 0.29) is 0 Å². The number of sulfone groups is 1. The molecule has 0 amide bonds. The largest absolute Gasteiger partial charge is 0.316 e. The van der Waals surface area contributed by atoms with Gasteiger partial charge in [-0.2, -0.15) is 0 Å². The SMILES string of the molecule is CCCNCC1CCCCCC1CCS(=O)(=O)CC. The van der Waals surface area contributed by atoms with E-state index in [4.69, 9.17) is 0 Å². The molecule has 4 heteroatoms. The minimum absolute atomic E-state index is 0.290. The van der Waals surface area contributed by atoms with Gasteiger partial charge in [0.25, 0.3) is 0 Å². The van der Waals surface area contributed by atoms with Crippen LogP contribution in [-0.4, -0.2) is 33.0 Å². The van der Waals surface area contributed by atoms with Crippen LogP contribution in [0.2, 0.25) is 0 Å². The van der Waals surface area contributed by atoms with Gasteiger partial charge in [-0.15, -0.1) is 0 Å². The van der Waals surface area contributed by atoms with Gasteiger partial charge in [-0.1, -0.05) is 39.5 Å². The van der Waals surface area contributed by atoms with Crippen LogP contribution in [0, 0.1) is 11.8 Å². The lowest BCUT2D eigenvalue weighted by Gasteiger charge is -2.25. The fourth-order valence-electron chi connectivity index (χ4n) is 3.05. The smallest absolute Gasteiger partial charge is 0.150 e. The average Bonchev–Trinajstić information content (AvgIpc) is 2.62. The second-order valence-electron chi connectivity index (χ2n) is 5.89. The van der Waals surface area contributed by atoms with E-state index >= 15 is 0 Å². The number of hydrogen-bond donors (Lipinski definition) is 1. The summed E-state index contributed by atoms with van der Waals surface area (Å²) >= 11 is 0. The van der Waals surface area contributed by atoms with E-state index in [1.807, 2.05) is 0 Å². The van der Waals surface area contributed by atoms with Crippen molar-refractivity contribution in [2.75, 3.05) is 24.6 Å². The summed E-state index contributed by atoms with van der Waals surface area (Å²) in [4.78, 5) is 0. The fraction of sp³-hybridized carbons (Fsp3) is 1.00. The first-order chi connectivity index (χ1) is 9.09. The summed E-state index contributed by atoms with van der Waals surface area (Å²) in [5, 5.41) is 3.52. The zero-order chi connectivity index (χ0) is 14.1. The van der Waals surface area contributed by atoms with Gasteiger partial charge in [0.15, 0.2) is 0 Å². The van der Waals surface area contributed by atoms with Crippen LogP contribution >= 0.6 is 0 Å². The number of hydrogen-bond acceptors (Lipinski definition) is 3. The molecule has 0 heterocycles. The van der Waals surface area contributed by atoms with E-state index in [1.165, 1.54) is 38.5 Å². The molecule has 2 unspecified atom stereocenters. The third-order valence-electron chi connectivity index (χ3n) is 4.39. The van der Waals surface area contributed by atoms with Gasteiger partial charge in [0.1, 0.15) is 9.84 Å². The molecule has 0 radical (unpaired) electrons. The highest BCUT2D eigenvalue weighted by molar-refractivity contribution is 7.91. The normalized spacial score (nSPS) is 25.2. The van der Waals surface area contributed by atoms with Crippen molar-refractivity contribution in [2.24, 2.45) is 11.8 Å². The van der Waals surface area contributed by atoms with E-state index < -0.39 is 9.84 Å². The molecule has 0 saturated heterocycles. The van der Waals surface area contributed by atoms with Gasteiger partial charge in [-0.25, -0.2) is 8.42 Å². The molecular formula is C15H31NO2S. The zero-order valence-corrected chi connectivity index (χ0v) is 13.5. The van der Waals surface area contributed by atoms with E-state index in [2.05, 4.69) is 12.2 Å². The molecule has 1 aliphatic carbocycles. The Kier molecular flexibility index (Phi) is 8.00. The molecule has 0 spiro atoms. The van der Waals surface area contributed by atoms with Crippen LogP contribution in [0.4, 0.5) is 0 Å². The molecule has 1 fully saturated rings. The first-order valence-corrected chi connectivity index (χ1v) is 9.82. The summed E-state index contributed by atoms with van der Waals surface area (Å²) < 4.78 is 23.4. The molecule has 0 bridgehead atoms. The second-order valence-corrected chi connectivity index (χ2v) is 8.36. The maximum Gasteiger partial charge on any atom is 0.150 e. The van der Waals surface area contributed by atoms with Crippen molar-refractivity contribution in [3.63, 3.8) is 0 Å². The minimum atomic E-state index is -2.80. The summed E-state index contributed by atoms with van der Waals surface area (Å²) in [6, 6.07) is 0. The highest BCUT2D eigenvalue weighted by atomic mass is 32.2. The lowest BCUT2D eigenvalue weighted by atomic mass is 9.86. The molecule has 0 aromatic rings. The van der Waals surface area contributed by atoms with E-state index in [0.29, 0.717) is 23.3 Å². The maximum absolute atomic E-state index is 11.7. The Morgan fingerprint density at radius 1 is 1.05 bits per heavy atom. The van der Waals surface area contributed by atoms with Crippen LogP contribution in [-0.2, 0) is 9.84 Å². The van der Waals surface area contributed by atoms with Crippen LogP contribution in [0.3, 0.4) is 0 Å². The second kappa shape index (κ2) is 8.96. The molecule has 19 heavy (non-hydrogen) atoms. The van der Waals surface area contributed by atoms with Gasteiger partial charge in [0, 0.05) is 5.75 Å². The zero-order valence-electron chi connectivity index (χ0n) is 12.7. The Hall–Kier alpha value is -0.0900. The molecular weight excluding hydrogens is 258 g/mol. The molecule has 0 aromatic carbocycles. The summed E-state index contributed by atoms with van der Waals surface area (Å²) in [7, 11) is -2.80. The number of rotatable bonds is 8. The predicted molar refractivity (Wildman–Crippen MR) is 82.2 cm³/mol. The maximum atomic E-state index is 11.7.